The molecule has 2 heterocycles. The Morgan fingerprint density at radius 2 is 0.930 bits per heavy atom. The fourth-order valence-corrected chi connectivity index (χ4v) is 6.63. The van der Waals surface area contributed by atoms with Gasteiger partial charge in [-0.3, -0.25) is 0 Å². The summed E-state index contributed by atoms with van der Waals surface area (Å²) >= 11 is 0. The molecule has 3 nitrogen and oxygen atoms in total. The van der Waals surface area contributed by atoms with Crippen molar-refractivity contribution in [1.29, 1.82) is 0 Å². The number of hydrogen-bond acceptors (Lipinski definition) is 3. The van der Waals surface area contributed by atoms with Crippen molar-refractivity contribution in [3.63, 3.8) is 0 Å². The third-order valence-electron chi connectivity index (χ3n) is 8.44. The van der Waals surface area contributed by atoms with E-state index in [1.54, 1.807) is 0 Å². The van der Waals surface area contributed by atoms with Crippen LogP contribution >= 0.6 is 0 Å². The molecule has 2 aromatic heterocycles. The monoisotopic (exact) mass is 551 g/mol. The number of benzene rings is 7. The summed E-state index contributed by atoms with van der Waals surface area (Å²) in [5, 5.41) is 6.75. The first-order valence-electron chi connectivity index (χ1n) is 14.5. The minimum absolute atomic E-state index is 0.855. The molecule has 43 heavy (non-hydrogen) atoms. The van der Waals surface area contributed by atoms with Crippen LogP contribution in [0.2, 0.25) is 0 Å². The van der Waals surface area contributed by atoms with Crippen LogP contribution in [0, 0.1) is 0 Å². The molecular formula is C40H25NO2. The summed E-state index contributed by atoms with van der Waals surface area (Å²) in [6.07, 6.45) is 0. The summed E-state index contributed by atoms with van der Waals surface area (Å²) in [4.78, 5) is 2.35. The Morgan fingerprint density at radius 3 is 1.70 bits per heavy atom. The Hall–Kier alpha value is -5.80. The predicted molar refractivity (Wildman–Crippen MR) is 179 cm³/mol. The second kappa shape index (κ2) is 9.37. The molecule has 202 valence electrons. The van der Waals surface area contributed by atoms with Crippen LogP contribution in [0.25, 0.3) is 65.8 Å². The number of hydrogen-bond donors (Lipinski definition) is 0. The second-order valence-corrected chi connectivity index (χ2v) is 10.9. The van der Waals surface area contributed by atoms with Crippen molar-refractivity contribution in [3.8, 4) is 11.1 Å². The van der Waals surface area contributed by atoms with Crippen LogP contribution in [0.4, 0.5) is 17.1 Å². The molecule has 0 aliphatic rings. The van der Waals surface area contributed by atoms with Gasteiger partial charge in [-0.2, -0.15) is 0 Å². The van der Waals surface area contributed by atoms with Gasteiger partial charge in [0, 0.05) is 16.5 Å². The van der Waals surface area contributed by atoms with Crippen molar-refractivity contribution in [1.82, 2.24) is 0 Å². The van der Waals surface area contributed by atoms with Crippen LogP contribution in [-0.2, 0) is 0 Å². The first-order valence-corrected chi connectivity index (χ1v) is 14.5. The highest BCUT2D eigenvalue weighted by molar-refractivity contribution is 6.26. The Labute approximate surface area is 247 Å². The Bertz CT molecular complexity index is 2450. The van der Waals surface area contributed by atoms with Gasteiger partial charge in [-0.25, -0.2) is 0 Å². The van der Waals surface area contributed by atoms with Gasteiger partial charge >= 0.3 is 0 Å². The van der Waals surface area contributed by atoms with Crippen LogP contribution in [0.1, 0.15) is 0 Å². The molecule has 0 radical (unpaired) electrons. The van der Waals surface area contributed by atoms with Crippen LogP contribution in [0.15, 0.2) is 160 Å². The molecule has 0 amide bonds. The molecule has 0 saturated heterocycles. The number of furan rings is 2. The maximum Gasteiger partial charge on any atom is 0.137 e. The summed E-state index contributed by atoms with van der Waals surface area (Å²) in [7, 11) is 0. The maximum absolute atomic E-state index is 6.68. The minimum Gasteiger partial charge on any atom is -0.456 e. The normalized spacial score (nSPS) is 11.7. The van der Waals surface area contributed by atoms with Gasteiger partial charge in [0.05, 0.1) is 22.1 Å². The van der Waals surface area contributed by atoms with Gasteiger partial charge in [0.2, 0.25) is 0 Å². The lowest BCUT2D eigenvalue weighted by Gasteiger charge is -2.27. The van der Waals surface area contributed by atoms with Crippen LogP contribution in [0.3, 0.4) is 0 Å². The number of fused-ring (bicyclic) bond motifs is 8. The fourth-order valence-electron chi connectivity index (χ4n) is 6.63. The van der Waals surface area contributed by atoms with Crippen molar-refractivity contribution in [2.24, 2.45) is 0 Å². The van der Waals surface area contributed by atoms with Crippen molar-refractivity contribution in [2.75, 3.05) is 4.90 Å². The van der Waals surface area contributed by atoms with Crippen molar-refractivity contribution in [2.45, 2.75) is 0 Å². The van der Waals surface area contributed by atoms with Gasteiger partial charge in [-0.15, -0.1) is 0 Å². The zero-order valence-corrected chi connectivity index (χ0v) is 23.2. The minimum atomic E-state index is 0.855. The first kappa shape index (κ1) is 23.9. The van der Waals surface area contributed by atoms with E-state index in [2.05, 4.69) is 144 Å². The lowest BCUT2D eigenvalue weighted by Crippen LogP contribution is -2.10. The van der Waals surface area contributed by atoms with E-state index < -0.39 is 0 Å². The van der Waals surface area contributed by atoms with E-state index in [-0.39, 0.29) is 0 Å². The van der Waals surface area contributed by atoms with Gasteiger partial charge in [0.15, 0.2) is 0 Å². The predicted octanol–water partition coefficient (Wildman–Crippen LogP) is 11.8. The summed E-state index contributed by atoms with van der Waals surface area (Å²) in [5.74, 6) is 0. The average Bonchev–Trinajstić information content (AvgIpc) is 3.65. The van der Waals surface area contributed by atoms with Gasteiger partial charge < -0.3 is 13.7 Å². The molecule has 0 fully saturated rings. The van der Waals surface area contributed by atoms with E-state index in [1.165, 1.54) is 21.9 Å². The molecule has 0 unspecified atom stereocenters. The Morgan fingerprint density at radius 1 is 0.372 bits per heavy atom. The number of para-hydroxylation sites is 2. The zero-order chi connectivity index (χ0) is 28.3. The van der Waals surface area contributed by atoms with Crippen molar-refractivity contribution < 1.29 is 8.83 Å². The third kappa shape index (κ3) is 3.62. The molecule has 0 spiro atoms. The Balaban J connectivity index is 1.41. The van der Waals surface area contributed by atoms with Gasteiger partial charge in [0.1, 0.15) is 22.3 Å². The van der Waals surface area contributed by atoms with E-state index >= 15 is 0 Å². The lowest BCUT2D eigenvalue weighted by atomic mass is 9.94. The summed E-state index contributed by atoms with van der Waals surface area (Å²) in [5.41, 5.74) is 8.98. The standard InChI is InChI=1S/C40H25NO2/c1-3-13-26(14-4-1)31-25-37-39(29-18-8-7-17-28(29)31)40-33(21-12-24-36(40)43-37)41(27-15-5-2-6-16-27)32-20-11-23-35-38(32)30-19-9-10-22-34(30)42-35/h1-25H. The van der Waals surface area contributed by atoms with E-state index in [9.17, 15) is 0 Å². The molecule has 0 N–H and O–H groups in total. The van der Waals surface area contributed by atoms with E-state index in [1.807, 2.05) is 12.1 Å². The largest absolute Gasteiger partial charge is 0.456 e. The molecule has 3 heteroatoms. The van der Waals surface area contributed by atoms with Crippen molar-refractivity contribution >= 4 is 71.7 Å². The van der Waals surface area contributed by atoms with Crippen LogP contribution in [-0.4, -0.2) is 0 Å². The number of nitrogens with zero attached hydrogens (tertiary/aromatic N) is 1. The third-order valence-corrected chi connectivity index (χ3v) is 8.44. The number of rotatable bonds is 4. The average molecular weight is 552 g/mol. The molecule has 0 aliphatic heterocycles. The highest BCUT2D eigenvalue weighted by Crippen LogP contribution is 2.48. The smallest absolute Gasteiger partial charge is 0.137 e. The highest BCUT2D eigenvalue weighted by Gasteiger charge is 2.24. The molecule has 9 rings (SSSR count). The van der Waals surface area contributed by atoms with E-state index in [0.29, 0.717) is 0 Å². The van der Waals surface area contributed by atoms with Crippen molar-refractivity contribution in [3.05, 3.63) is 152 Å². The van der Waals surface area contributed by atoms with E-state index in [4.69, 9.17) is 8.83 Å². The molecule has 9 aromatic rings. The number of anilines is 3. The Kier molecular flexibility index (Phi) is 5.20. The van der Waals surface area contributed by atoms with E-state index in [0.717, 1.165) is 60.9 Å². The molecule has 7 aromatic carbocycles. The summed E-state index contributed by atoms with van der Waals surface area (Å²) in [6.45, 7) is 0. The second-order valence-electron chi connectivity index (χ2n) is 10.9. The molecule has 0 bridgehead atoms. The van der Waals surface area contributed by atoms with Crippen LogP contribution < -0.4 is 4.90 Å². The maximum atomic E-state index is 6.68. The van der Waals surface area contributed by atoms with Gasteiger partial charge in [0.25, 0.3) is 0 Å². The lowest BCUT2D eigenvalue weighted by molar-refractivity contribution is 0.669. The zero-order valence-electron chi connectivity index (χ0n) is 23.2. The van der Waals surface area contributed by atoms with Gasteiger partial charge in [-0.1, -0.05) is 103 Å². The first-order chi connectivity index (χ1) is 21.3. The van der Waals surface area contributed by atoms with Crippen LogP contribution in [0.5, 0.6) is 0 Å². The molecule has 0 saturated carbocycles. The molecule has 0 aliphatic carbocycles. The fraction of sp³-hybridized carbons (Fsp3) is 0. The summed E-state index contributed by atoms with van der Waals surface area (Å²) < 4.78 is 13.0. The van der Waals surface area contributed by atoms with Gasteiger partial charge in [-0.05, 0) is 70.4 Å². The quantitative estimate of drug-likeness (QED) is 0.218. The topological polar surface area (TPSA) is 29.5 Å². The molecule has 0 atom stereocenters. The highest BCUT2D eigenvalue weighted by atomic mass is 16.3. The SMILES string of the molecule is c1ccc(-c2cc3oc4cccc(N(c5ccccc5)c5cccc6oc7ccccc7c56)c4c3c3ccccc23)cc1. The summed E-state index contributed by atoms with van der Waals surface area (Å²) in [6, 6.07) is 52.9. The molecular weight excluding hydrogens is 526 g/mol.